The normalized spacial score (nSPS) is 38.0. The molecule has 1 aliphatic heterocycles. The molecule has 2 fully saturated rings. The summed E-state index contributed by atoms with van der Waals surface area (Å²) in [6.07, 6.45) is 4.40. The third kappa shape index (κ3) is 1.52. The van der Waals surface area contributed by atoms with Gasteiger partial charge in [0.05, 0.1) is 0 Å². The molecule has 0 bridgehead atoms. The summed E-state index contributed by atoms with van der Waals surface area (Å²) in [4.78, 5) is 2.66. The predicted molar refractivity (Wildman–Crippen MR) is 52.2 cm³/mol. The zero-order chi connectivity index (χ0) is 8.77. The highest BCUT2D eigenvalue weighted by Gasteiger charge is 2.42. The van der Waals surface area contributed by atoms with Crippen LogP contribution < -0.4 is 0 Å². The molecule has 0 amide bonds. The molecule has 70 valence electrons. The number of rotatable bonds is 3. The second kappa shape index (κ2) is 2.73. The van der Waals surface area contributed by atoms with Crippen LogP contribution in [0.3, 0.4) is 0 Å². The first-order valence-corrected chi connectivity index (χ1v) is 5.35. The van der Waals surface area contributed by atoms with Gasteiger partial charge in [0.25, 0.3) is 0 Å². The highest BCUT2D eigenvalue weighted by atomic mass is 15.3. The molecule has 12 heavy (non-hydrogen) atoms. The van der Waals surface area contributed by atoms with Crippen molar-refractivity contribution in [2.75, 3.05) is 13.1 Å². The van der Waals surface area contributed by atoms with Crippen molar-refractivity contribution in [1.29, 1.82) is 0 Å². The van der Waals surface area contributed by atoms with E-state index in [-0.39, 0.29) is 0 Å². The first-order valence-electron chi connectivity index (χ1n) is 5.35. The highest BCUT2D eigenvalue weighted by molar-refractivity contribution is 4.97. The van der Waals surface area contributed by atoms with Crippen LogP contribution >= 0.6 is 0 Å². The van der Waals surface area contributed by atoms with E-state index in [2.05, 4.69) is 25.7 Å². The predicted octanol–water partition coefficient (Wildman–Crippen LogP) is 2.52. The Bertz CT molecular complexity index is 170. The summed E-state index contributed by atoms with van der Waals surface area (Å²) in [6.45, 7) is 9.87. The maximum atomic E-state index is 2.66. The van der Waals surface area contributed by atoms with E-state index in [1.165, 1.54) is 32.4 Å². The van der Waals surface area contributed by atoms with Gasteiger partial charge in [-0.2, -0.15) is 0 Å². The molecule has 0 aromatic rings. The molecule has 1 saturated heterocycles. The molecule has 2 atom stereocenters. The van der Waals surface area contributed by atoms with E-state index in [1.54, 1.807) is 0 Å². The Balaban J connectivity index is 1.76. The quantitative estimate of drug-likeness (QED) is 0.584. The fourth-order valence-corrected chi connectivity index (χ4v) is 2.44. The van der Waals surface area contributed by atoms with Crippen molar-refractivity contribution in [1.82, 2.24) is 4.90 Å². The Kier molecular flexibility index (Phi) is 1.95. The smallest absolute Gasteiger partial charge is 0.0247 e. The van der Waals surface area contributed by atoms with E-state index in [9.17, 15) is 0 Å². The van der Waals surface area contributed by atoms with Gasteiger partial charge in [-0.25, -0.2) is 0 Å². The number of hydrogen-bond donors (Lipinski definition) is 0. The Hall–Kier alpha value is -0.0400. The lowest BCUT2D eigenvalue weighted by atomic mass is 9.70. The van der Waals surface area contributed by atoms with Crippen LogP contribution in [0.15, 0.2) is 0 Å². The summed E-state index contributed by atoms with van der Waals surface area (Å²) in [6, 6.07) is 0.919. The van der Waals surface area contributed by atoms with Crippen molar-refractivity contribution in [2.45, 2.75) is 46.1 Å². The standard InChI is InChI=1S/C11H21N/c1-9(2)10-7-12(10)8-11(3)5-4-6-11/h9-10H,4-8H2,1-3H3/t10-,12?/m1/s1. The van der Waals surface area contributed by atoms with Crippen LogP contribution in [0.1, 0.15) is 40.0 Å². The molecule has 1 saturated carbocycles. The lowest BCUT2D eigenvalue weighted by Gasteiger charge is -2.39. The maximum Gasteiger partial charge on any atom is 0.0247 e. The van der Waals surface area contributed by atoms with Crippen LogP contribution in [0.5, 0.6) is 0 Å². The Labute approximate surface area is 76.1 Å². The molecular formula is C11H21N. The van der Waals surface area contributed by atoms with Crippen LogP contribution in [0.25, 0.3) is 0 Å². The van der Waals surface area contributed by atoms with Crippen molar-refractivity contribution < 1.29 is 0 Å². The molecule has 1 heterocycles. The monoisotopic (exact) mass is 167 g/mol. The minimum atomic E-state index is 0.698. The van der Waals surface area contributed by atoms with Gasteiger partial charge in [0.1, 0.15) is 0 Å². The van der Waals surface area contributed by atoms with Crippen LogP contribution in [-0.2, 0) is 0 Å². The Morgan fingerprint density at radius 1 is 1.42 bits per heavy atom. The van der Waals surface area contributed by atoms with Gasteiger partial charge in [0, 0.05) is 19.1 Å². The second-order valence-corrected chi connectivity index (χ2v) is 5.41. The number of nitrogens with zero attached hydrogens (tertiary/aromatic N) is 1. The minimum absolute atomic E-state index is 0.698. The van der Waals surface area contributed by atoms with E-state index in [0.717, 1.165) is 12.0 Å². The molecule has 2 aliphatic rings. The van der Waals surface area contributed by atoms with E-state index < -0.39 is 0 Å². The molecule has 1 nitrogen and oxygen atoms in total. The molecule has 1 unspecified atom stereocenters. The van der Waals surface area contributed by atoms with Gasteiger partial charge < -0.3 is 0 Å². The summed E-state index contributed by atoms with van der Waals surface area (Å²) >= 11 is 0. The van der Waals surface area contributed by atoms with Gasteiger partial charge in [-0.3, -0.25) is 4.90 Å². The van der Waals surface area contributed by atoms with E-state index in [0.29, 0.717) is 5.41 Å². The van der Waals surface area contributed by atoms with Crippen LogP contribution in [0.4, 0.5) is 0 Å². The maximum absolute atomic E-state index is 2.66. The zero-order valence-electron chi connectivity index (χ0n) is 8.64. The van der Waals surface area contributed by atoms with Gasteiger partial charge in [0.15, 0.2) is 0 Å². The van der Waals surface area contributed by atoms with Crippen molar-refractivity contribution in [3.8, 4) is 0 Å². The molecule has 0 aromatic carbocycles. The lowest BCUT2D eigenvalue weighted by Crippen LogP contribution is -2.34. The fraction of sp³-hybridized carbons (Fsp3) is 1.00. The van der Waals surface area contributed by atoms with E-state index in [1.807, 2.05) is 0 Å². The van der Waals surface area contributed by atoms with Crippen molar-refractivity contribution in [3.63, 3.8) is 0 Å². The third-order valence-corrected chi connectivity index (χ3v) is 3.67. The molecule has 1 aliphatic carbocycles. The Morgan fingerprint density at radius 2 is 2.08 bits per heavy atom. The molecule has 0 aromatic heterocycles. The summed E-state index contributed by atoms with van der Waals surface area (Å²) in [5.41, 5.74) is 0.698. The van der Waals surface area contributed by atoms with Gasteiger partial charge in [-0.05, 0) is 24.2 Å². The lowest BCUT2D eigenvalue weighted by molar-refractivity contribution is 0.126. The van der Waals surface area contributed by atoms with Crippen molar-refractivity contribution in [3.05, 3.63) is 0 Å². The fourth-order valence-electron chi connectivity index (χ4n) is 2.44. The summed E-state index contributed by atoms with van der Waals surface area (Å²) in [7, 11) is 0. The minimum Gasteiger partial charge on any atom is -0.297 e. The summed E-state index contributed by atoms with van der Waals surface area (Å²) < 4.78 is 0. The van der Waals surface area contributed by atoms with Crippen LogP contribution in [-0.4, -0.2) is 24.0 Å². The SMILES string of the molecule is CC(C)[C@H]1CN1CC1(C)CCC1. The van der Waals surface area contributed by atoms with Crippen LogP contribution in [0.2, 0.25) is 0 Å². The van der Waals surface area contributed by atoms with Gasteiger partial charge in [-0.15, -0.1) is 0 Å². The zero-order valence-corrected chi connectivity index (χ0v) is 8.64. The first-order chi connectivity index (χ1) is 5.61. The molecule has 0 N–H and O–H groups in total. The average molecular weight is 167 g/mol. The molecular weight excluding hydrogens is 146 g/mol. The van der Waals surface area contributed by atoms with Gasteiger partial charge >= 0.3 is 0 Å². The summed E-state index contributed by atoms with van der Waals surface area (Å²) in [5, 5.41) is 0. The van der Waals surface area contributed by atoms with Gasteiger partial charge in [0.2, 0.25) is 0 Å². The van der Waals surface area contributed by atoms with Crippen LogP contribution in [0, 0.1) is 11.3 Å². The topological polar surface area (TPSA) is 3.01 Å². The third-order valence-electron chi connectivity index (χ3n) is 3.67. The van der Waals surface area contributed by atoms with Crippen molar-refractivity contribution >= 4 is 0 Å². The van der Waals surface area contributed by atoms with Gasteiger partial charge in [-0.1, -0.05) is 27.2 Å². The molecule has 1 heteroatoms. The molecule has 2 rings (SSSR count). The van der Waals surface area contributed by atoms with Crippen molar-refractivity contribution in [2.24, 2.45) is 11.3 Å². The molecule has 0 spiro atoms. The second-order valence-electron chi connectivity index (χ2n) is 5.41. The highest BCUT2D eigenvalue weighted by Crippen LogP contribution is 2.43. The Morgan fingerprint density at radius 3 is 2.42 bits per heavy atom. The van der Waals surface area contributed by atoms with E-state index >= 15 is 0 Å². The first kappa shape index (κ1) is 8.55. The van der Waals surface area contributed by atoms with E-state index in [4.69, 9.17) is 0 Å². The number of hydrogen-bond acceptors (Lipinski definition) is 1. The molecule has 0 radical (unpaired) electrons. The largest absolute Gasteiger partial charge is 0.297 e. The average Bonchev–Trinajstić information content (AvgIpc) is 2.64. The summed E-state index contributed by atoms with van der Waals surface area (Å²) in [5.74, 6) is 0.869.